The third-order valence-electron chi connectivity index (χ3n) is 8.66. The van der Waals surface area contributed by atoms with E-state index in [1.807, 2.05) is 54.6 Å². The normalized spacial score (nSPS) is 11.6. The summed E-state index contributed by atoms with van der Waals surface area (Å²) in [5.74, 6) is 0.615. The molecule has 0 aliphatic carbocycles. The number of rotatable bonds is 6. The van der Waals surface area contributed by atoms with E-state index in [1.165, 1.54) is 5.56 Å². The topological polar surface area (TPSA) is 55.1 Å². The molecule has 8 aromatic rings. The lowest BCUT2D eigenvalue weighted by atomic mass is 9.87. The van der Waals surface area contributed by atoms with Crippen molar-refractivity contribution in [1.29, 1.82) is 0 Å². The molecule has 2 aromatic heterocycles. The molecular formula is C43H34N4O. The van der Waals surface area contributed by atoms with Gasteiger partial charge in [-0.2, -0.15) is 0 Å². The third-order valence-corrected chi connectivity index (χ3v) is 8.66. The number of hydrogen-bond acceptors (Lipinski definition) is 5. The fraction of sp³-hybridized carbons (Fsp3) is 0.0930. The summed E-state index contributed by atoms with van der Waals surface area (Å²) in [6, 6.07) is 51.9. The summed E-state index contributed by atoms with van der Waals surface area (Å²) < 4.78 is 6.18. The first-order valence-electron chi connectivity index (χ1n) is 16.2. The van der Waals surface area contributed by atoms with Crippen molar-refractivity contribution in [2.75, 3.05) is 4.90 Å². The summed E-state index contributed by atoms with van der Waals surface area (Å²) in [6.45, 7) is 6.62. The quantitative estimate of drug-likeness (QED) is 0.185. The van der Waals surface area contributed by atoms with Crippen LogP contribution in [0.15, 0.2) is 156 Å². The Labute approximate surface area is 280 Å². The van der Waals surface area contributed by atoms with Crippen molar-refractivity contribution < 1.29 is 4.42 Å². The highest BCUT2D eigenvalue weighted by Gasteiger charge is 2.18. The van der Waals surface area contributed by atoms with Crippen molar-refractivity contribution in [2.24, 2.45) is 0 Å². The molecule has 0 saturated heterocycles. The highest BCUT2D eigenvalue weighted by molar-refractivity contribution is 5.87. The summed E-state index contributed by atoms with van der Waals surface area (Å²) in [7, 11) is 0. The molecule has 0 N–H and O–H groups in total. The van der Waals surface area contributed by atoms with E-state index in [0.29, 0.717) is 5.89 Å². The Morgan fingerprint density at radius 3 is 1.54 bits per heavy atom. The van der Waals surface area contributed by atoms with Gasteiger partial charge in [-0.3, -0.25) is 0 Å². The van der Waals surface area contributed by atoms with Crippen LogP contribution in [0.4, 0.5) is 17.1 Å². The summed E-state index contributed by atoms with van der Waals surface area (Å²) in [6.07, 6.45) is 0. The number of aromatic nitrogens is 3. The Morgan fingerprint density at radius 1 is 0.458 bits per heavy atom. The molecule has 0 fully saturated rings. The van der Waals surface area contributed by atoms with Gasteiger partial charge in [0, 0.05) is 33.8 Å². The van der Waals surface area contributed by atoms with Gasteiger partial charge in [0.15, 0.2) is 5.58 Å². The van der Waals surface area contributed by atoms with Crippen LogP contribution >= 0.6 is 0 Å². The van der Waals surface area contributed by atoms with Gasteiger partial charge in [0.1, 0.15) is 5.52 Å². The maximum absolute atomic E-state index is 6.18. The Hall–Kier alpha value is -6.07. The first kappa shape index (κ1) is 29.3. The first-order valence-corrected chi connectivity index (χ1v) is 16.2. The molecule has 0 aliphatic heterocycles. The van der Waals surface area contributed by atoms with E-state index in [-0.39, 0.29) is 5.41 Å². The molecule has 0 saturated carbocycles. The minimum absolute atomic E-state index is 0.0428. The third kappa shape index (κ3) is 5.60. The predicted octanol–water partition coefficient (Wildman–Crippen LogP) is 11.5. The van der Waals surface area contributed by atoms with Crippen molar-refractivity contribution in [3.63, 3.8) is 0 Å². The van der Waals surface area contributed by atoms with Gasteiger partial charge in [0.2, 0.25) is 5.89 Å². The second-order valence-electron chi connectivity index (χ2n) is 13.0. The number of benzene rings is 6. The zero-order chi connectivity index (χ0) is 32.7. The minimum Gasteiger partial charge on any atom is -0.436 e. The van der Waals surface area contributed by atoms with Crippen LogP contribution in [-0.4, -0.2) is 15.0 Å². The monoisotopic (exact) mass is 622 g/mol. The lowest BCUT2D eigenvalue weighted by Gasteiger charge is -2.25. The summed E-state index contributed by atoms with van der Waals surface area (Å²) >= 11 is 0. The van der Waals surface area contributed by atoms with Crippen LogP contribution in [0.25, 0.3) is 56.1 Å². The standard InChI is InChI=1S/C43H34N4O/c1-43(2,3)32-22-27-39-38(28-32)46-42(48-39)31-20-25-35(26-21-31)47(33-14-8-5-9-15-33)34-23-18-30(19-24-34)41-40(29-12-6-4-7-13-29)44-36-16-10-11-17-37(36)45-41/h4-28H,1-3H3. The lowest BCUT2D eigenvalue weighted by molar-refractivity contribution is 0.590. The minimum atomic E-state index is 0.0428. The zero-order valence-corrected chi connectivity index (χ0v) is 27.1. The van der Waals surface area contributed by atoms with Crippen LogP contribution in [0.1, 0.15) is 26.3 Å². The summed E-state index contributed by atoms with van der Waals surface area (Å²) in [5.41, 5.74) is 12.5. The van der Waals surface area contributed by atoms with E-state index in [0.717, 1.165) is 67.3 Å². The van der Waals surface area contributed by atoms with Crippen LogP contribution in [0, 0.1) is 0 Å². The molecule has 0 aliphatic rings. The average molecular weight is 623 g/mol. The first-order chi connectivity index (χ1) is 23.4. The van der Waals surface area contributed by atoms with Crippen molar-refractivity contribution in [3.05, 3.63) is 157 Å². The Bertz CT molecular complexity index is 2360. The van der Waals surface area contributed by atoms with Gasteiger partial charge in [0.25, 0.3) is 0 Å². The second kappa shape index (κ2) is 11.9. The van der Waals surface area contributed by atoms with Crippen molar-refractivity contribution in [2.45, 2.75) is 26.2 Å². The van der Waals surface area contributed by atoms with Crippen molar-refractivity contribution >= 4 is 39.2 Å². The Kier molecular flexibility index (Phi) is 7.30. The van der Waals surface area contributed by atoms with Crippen LogP contribution in [0.2, 0.25) is 0 Å². The van der Waals surface area contributed by atoms with E-state index in [4.69, 9.17) is 19.4 Å². The smallest absolute Gasteiger partial charge is 0.227 e. The highest BCUT2D eigenvalue weighted by Crippen LogP contribution is 2.38. The number of hydrogen-bond donors (Lipinski definition) is 0. The van der Waals surface area contributed by atoms with Crippen LogP contribution in [0.3, 0.4) is 0 Å². The molecule has 2 heterocycles. The number of fused-ring (bicyclic) bond motifs is 2. The molecule has 6 aromatic carbocycles. The summed E-state index contributed by atoms with van der Waals surface area (Å²) in [4.78, 5) is 17.2. The van der Waals surface area contributed by atoms with Crippen LogP contribution in [-0.2, 0) is 5.41 Å². The molecule has 0 amide bonds. The highest BCUT2D eigenvalue weighted by atomic mass is 16.3. The average Bonchev–Trinajstić information content (AvgIpc) is 3.56. The number of oxazole rings is 1. The molecule has 0 atom stereocenters. The largest absolute Gasteiger partial charge is 0.436 e. The molecule has 0 radical (unpaired) electrons. The molecule has 0 bridgehead atoms. The summed E-state index contributed by atoms with van der Waals surface area (Å²) in [5, 5.41) is 0. The molecule has 5 heteroatoms. The van der Waals surface area contributed by atoms with Gasteiger partial charge >= 0.3 is 0 Å². The lowest BCUT2D eigenvalue weighted by Crippen LogP contribution is -2.10. The van der Waals surface area contributed by atoms with Crippen molar-refractivity contribution in [1.82, 2.24) is 15.0 Å². The van der Waals surface area contributed by atoms with E-state index in [1.54, 1.807) is 0 Å². The number of nitrogens with zero attached hydrogens (tertiary/aromatic N) is 4. The van der Waals surface area contributed by atoms with Gasteiger partial charge in [0.05, 0.1) is 22.4 Å². The van der Waals surface area contributed by atoms with E-state index in [2.05, 4.69) is 123 Å². The van der Waals surface area contributed by atoms with Gasteiger partial charge in [-0.25, -0.2) is 15.0 Å². The molecule has 0 unspecified atom stereocenters. The van der Waals surface area contributed by atoms with Gasteiger partial charge in [-0.05, 0) is 83.8 Å². The molecule has 5 nitrogen and oxygen atoms in total. The molecule has 232 valence electrons. The fourth-order valence-electron chi connectivity index (χ4n) is 6.06. The van der Waals surface area contributed by atoms with Crippen LogP contribution < -0.4 is 4.90 Å². The van der Waals surface area contributed by atoms with Gasteiger partial charge < -0.3 is 9.32 Å². The maximum Gasteiger partial charge on any atom is 0.227 e. The van der Waals surface area contributed by atoms with Gasteiger partial charge in [-0.15, -0.1) is 0 Å². The van der Waals surface area contributed by atoms with Crippen molar-refractivity contribution in [3.8, 4) is 34.0 Å². The molecule has 48 heavy (non-hydrogen) atoms. The predicted molar refractivity (Wildman–Crippen MR) is 197 cm³/mol. The maximum atomic E-state index is 6.18. The number of para-hydroxylation sites is 3. The van der Waals surface area contributed by atoms with E-state index >= 15 is 0 Å². The zero-order valence-electron chi connectivity index (χ0n) is 27.1. The molecule has 0 spiro atoms. The van der Waals surface area contributed by atoms with Crippen LogP contribution in [0.5, 0.6) is 0 Å². The van der Waals surface area contributed by atoms with Gasteiger partial charge in [-0.1, -0.05) is 99.6 Å². The second-order valence-corrected chi connectivity index (χ2v) is 13.0. The molecular weight excluding hydrogens is 589 g/mol. The SMILES string of the molecule is CC(C)(C)c1ccc2oc(-c3ccc(N(c4ccccc4)c4ccc(-c5nc6ccccc6nc5-c5ccccc5)cc4)cc3)nc2c1. The Balaban J connectivity index is 1.16. The number of anilines is 3. The Morgan fingerprint density at radius 2 is 0.958 bits per heavy atom. The van der Waals surface area contributed by atoms with E-state index in [9.17, 15) is 0 Å². The van der Waals surface area contributed by atoms with E-state index < -0.39 is 0 Å². The fourth-order valence-corrected chi connectivity index (χ4v) is 6.06. The molecule has 8 rings (SSSR count).